The molecule has 2 nitrogen and oxygen atoms in total. The predicted octanol–water partition coefficient (Wildman–Crippen LogP) is 18.2. The van der Waals surface area contributed by atoms with Crippen molar-refractivity contribution >= 4 is 38.9 Å². The highest BCUT2D eigenvalue weighted by Gasteiger charge is 2.35. The molecule has 10 aromatic carbocycles. The van der Waals surface area contributed by atoms with Gasteiger partial charge in [0, 0.05) is 38.9 Å². The van der Waals surface area contributed by atoms with E-state index in [-0.39, 0.29) is 5.41 Å². The highest BCUT2D eigenvalue weighted by Crippen LogP contribution is 2.50. The van der Waals surface area contributed by atoms with Gasteiger partial charge >= 0.3 is 0 Å². The molecule has 0 unspecified atom stereocenters. The number of rotatable bonds is 8. The minimum Gasteiger partial charge on any atom is -0.311 e. The molecule has 1 aliphatic rings. The van der Waals surface area contributed by atoms with E-state index in [4.69, 9.17) is 0 Å². The van der Waals surface area contributed by atoms with Crippen LogP contribution in [0.4, 0.5) is 17.1 Å². The van der Waals surface area contributed by atoms with Crippen LogP contribution in [0.15, 0.2) is 224 Å². The highest BCUT2D eigenvalue weighted by atomic mass is 15.1. The Bertz CT molecular complexity index is 3680. The molecule has 0 N–H and O–H groups in total. The zero-order valence-corrected chi connectivity index (χ0v) is 39.3. The molecule has 326 valence electrons. The summed E-state index contributed by atoms with van der Waals surface area (Å²) in [7, 11) is 0. The molecule has 0 bridgehead atoms. The molecule has 1 aromatic heterocycles. The molecule has 0 fully saturated rings. The summed E-state index contributed by atoms with van der Waals surface area (Å²) in [5, 5.41) is 2.48. The standard InChI is InChI=1S/C66H52N2/c1-43-13-18-46(19-14-43)47-20-22-48(23-21-47)51-9-8-10-57(40-51)68-64-12-7-6-11-60(64)61-41-52(29-38-65(61)68)49-24-32-55(33-25-49)67(54-30-15-44(2)16-31-54)56-34-26-50(27-35-56)53-28-37-59-58-36-17-45(3)39-62(58)66(4,5)63(59)42-53/h6-42H,1-5H3. The van der Waals surface area contributed by atoms with E-state index in [1.54, 1.807) is 0 Å². The minimum absolute atomic E-state index is 0.0460. The van der Waals surface area contributed by atoms with Crippen LogP contribution in [0.5, 0.6) is 0 Å². The first-order chi connectivity index (χ1) is 33.2. The number of aryl methyl sites for hydroxylation is 3. The number of benzene rings is 10. The van der Waals surface area contributed by atoms with Gasteiger partial charge in [0.25, 0.3) is 0 Å². The molecule has 68 heavy (non-hydrogen) atoms. The maximum atomic E-state index is 2.41. The van der Waals surface area contributed by atoms with Crippen molar-refractivity contribution in [1.82, 2.24) is 4.57 Å². The first-order valence-corrected chi connectivity index (χ1v) is 23.8. The minimum atomic E-state index is -0.0460. The van der Waals surface area contributed by atoms with Crippen molar-refractivity contribution in [3.8, 4) is 61.3 Å². The van der Waals surface area contributed by atoms with Crippen LogP contribution in [0.25, 0.3) is 83.1 Å². The highest BCUT2D eigenvalue weighted by molar-refractivity contribution is 6.10. The average molecular weight is 873 g/mol. The van der Waals surface area contributed by atoms with E-state index in [2.05, 4.69) is 269 Å². The van der Waals surface area contributed by atoms with Gasteiger partial charge in [0.1, 0.15) is 0 Å². The van der Waals surface area contributed by atoms with Gasteiger partial charge in [-0.05, 0) is 160 Å². The Hall–Kier alpha value is -8.20. The lowest BCUT2D eigenvalue weighted by atomic mass is 9.81. The van der Waals surface area contributed by atoms with Crippen LogP contribution in [0.1, 0.15) is 41.7 Å². The van der Waals surface area contributed by atoms with Crippen LogP contribution >= 0.6 is 0 Å². The second-order valence-corrected chi connectivity index (χ2v) is 19.3. The largest absolute Gasteiger partial charge is 0.311 e. The molecule has 11 aromatic rings. The molecule has 0 saturated heterocycles. The fraction of sp³-hybridized carbons (Fsp3) is 0.0909. The Kier molecular flexibility index (Phi) is 9.88. The van der Waals surface area contributed by atoms with Gasteiger partial charge in [0.2, 0.25) is 0 Å². The van der Waals surface area contributed by atoms with E-state index in [1.165, 1.54) is 105 Å². The third-order valence-electron chi connectivity index (χ3n) is 14.4. The summed E-state index contributed by atoms with van der Waals surface area (Å²) in [5.74, 6) is 0. The smallest absolute Gasteiger partial charge is 0.0541 e. The van der Waals surface area contributed by atoms with E-state index in [0.29, 0.717) is 0 Å². The Labute approximate surface area is 400 Å². The molecule has 1 aliphatic carbocycles. The van der Waals surface area contributed by atoms with Gasteiger partial charge < -0.3 is 9.47 Å². The topological polar surface area (TPSA) is 8.17 Å². The van der Waals surface area contributed by atoms with E-state index in [0.717, 1.165) is 22.7 Å². The fourth-order valence-corrected chi connectivity index (χ4v) is 10.6. The van der Waals surface area contributed by atoms with Crippen LogP contribution in [-0.4, -0.2) is 4.57 Å². The zero-order valence-electron chi connectivity index (χ0n) is 39.3. The molecule has 2 heteroatoms. The second kappa shape index (κ2) is 16.3. The summed E-state index contributed by atoms with van der Waals surface area (Å²) >= 11 is 0. The Balaban J connectivity index is 0.854. The summed E-state index contributed by atoms with van der Waals surface area (Å²) in [6, 6.07) is 83.3. The van der Waals surface area contributed by atoms with Gasteiger partial charge in [0.05, 0.1) is 11.0 Å². The lowest BCUT2D eigenvalue weighted by molar-refractivity contribution is 0.660. The maximum absolute atomic E-state index is 2.41. The van der Waals surface area contributed by atoms with Crippen molar-refractivity contribution in [2.24, 2.45) is 0 Å². The van der Waals surface area contributed by atoms with E-state index in [1.807, 2.05) is 0 Å². The molecule has 0 aliphatic heterocycles. The van der Waals surface area contributed by atoms with Gasteiger partial charge in [-0.1, -0.05) is 182 Å². The maximum Gasteiger partial charge on any atom is 0.0541 e. The normalized spacial score (nSPS) is 12.6. The monoisotopic (exact) mass is 872 g/mol. The summed E-state index contributed by atoms with van der Waals surface area (Å²) in [6.07, 6.45) is 0. The average Bonchev–Trinajstić information content (AvgIpc) is 3.82. The van der Waals surface area contributed by atoms with Gasteiger partial charge in [0.15, 0.2) is 0 Å². The predicted molar refractivity (Wildman–Crippen MR) is 289 cm³/mol. The number of hydrogen-bond donors (Lipinski definition) is 0. The summed E-state index contributed by atoms with van der Waals surface area (Å²) in [4.78, 5) is 2.36. The molecular formula is C66H52N2. The first-order valence-electron chi connectivity index (χ1n) is 23.8. The second-order valence-electron chi connectivity index (χ2n) is 19.3. The molecule has 0 atom stereocenters. The Morgan fingerprint density at radius 3 is 1.38 bits per heavy atom. The van der Waals surface area contributed by atoms with Crippen LogP contribution in [0.2, 0.25) is 0 Å². The third kappa shape index (κ3) is 7.12. The molecular weight excluding hydrogens is 821 g/mol. The summed E-state index contributed by atoms with van der Waals surface area (Å²) < 4.78 is 2.41. The van der Waals surface area contributed by atoms with Crippen molar-refractivity contribution in [3.63, 3.8) is 0 Å². The first kappa shape index (κ1) is 41.2. The Morgan fingerprint density at radius 1 is 0.324 bits per heavy atom. The number of nitrogens with zero attached hydrogens (tertiary/aromatic N) is 2. The van der Waals surface area contributed by atoms with Crippen LogP contribution < -0.4 is 4.90 Å². The van der Waals surface area contributed by atoms with Crippen LogP contribution in [0, 0.1) is 20.8 Å². The number of hydrogen-bond acceptors (Lipinski definition) is 1. The van der Waals surface area contributed by atoms with Crippen molar-refractivity contribution in [3.05, 3.63) is 252 Å². The van der Waals surface area contributed by atoms with Gasteiger partial charge in [-0.3, -0.25) is 0 Å². The summed E-state index contributed by atoms with van der Waals surface area (Å²) in [6.45, 7) is 11.2. The van der Waals surface area contributed by atoms with Crippen LogP contribution in [0.3, 0.4) is 0 Å². The third-order valence-corrected chi connectivity index (χ3v) is 14.4. The molecule has 0 saturated carbocycles. The molecule has 0 spiro atoms. The quantitative estimate of drug-likeness (QED) is 0.148. The molecule has 0 amide bonds. The van der Waals surface area contributed by atoms with Gasteiger partial charge in [-0.25, -0.2) is 0 Å². The molecule has 1 heterocycles. The van der Waals surface area contributed by atoms with Gasteiger partial charge in [-0.2, -0.15) is 0 Å². The fourth-order valence-electron chi connectivity index (χ4n) is 10.6. The number of fused-ring (bicyclic) bond motifs is 6. The molecule has 12 rings (SSSR count). The number of para-hydroxylation sites is 1. The molecule has 0 radical (unpaired) electrons. The van der Waals surface area contributed by atoms with Gasteiger partial charge in [-0.15, -0.1) is 0 Å². The van der Waals surface area contributed by atoms with Crippen molar-refractivity contribution in [2.75, 3.05) is 4.90 Å². The zero-order chi connectivity index (χ0) is 46.1. The van der Waals surface area contributed by atoms with Crippen molar-refractivity contribution in [1.29, 1.82) is 0 Å². The van der Waals surface area contributed by atoms with Crippen molar-refractivity contribution < 1.29 is 0 Å². The van der Waals surface area contributed by atoms with E-state index < -0.39 is 0 Å². The lowest BCUT2D eigenvalue weighted by Gasteiger charge is -2.26. The van der Waals surface area contributed by atoms with Crippen LogP contribution in [-0.2, 0) is 5.41 Å². The lowest BCUT2D eigenvalue weighted by Crippen LogP contribution is -2.15. The van der Waals surface area contributed by atoms with E-state index >= 15 is 0 Å². The number of anilines is 3. The van der Waals surface area contributed by atoms with E-state index in [9.17, 15) is 0 Å². The Morgan fingerprint density at radius 2 is 0.750 bits per heavy atom. The summed E-state index contributed by atoms with van der Waals surface area (Å²) in [5.41, 5.74) is 25.9. The number of aromatic nitrogens is 1. The SMILES string of the molecule is Cc1ccc(-c2ccc(-c3cccc(-n4c5ccccc5c5cc(-c6ccc(N(c7ccc(C)cc7)c7ccc(-c8ccc9c(c8)C(C)(C)c8cc(C)ccc8-9)cc7)cc6)ccc54)c3)cc2)cc1. The van der Waals surface area contributed by atoms with Crippen molar-refractivity contribution in [2.45, 2.75) is 40.0 Å².